The van der Waals surface area contributed by atoms with Gasteiger partial charge in [-0.25, -0.2) is 0 Å². The molecule has 24 heavy (non-hydrogen) atoms. The number of aliphatic hydroxyl groups is 1. The average molecular weight is 317 g/mol. The lowest BCUT2D eigenvalue weighted by atomic mass is 9.96. The van der Waals surface area contributed by atoms with E-state index in [1.165, 1.54) is 16.7 Å². The Balaban J connectivity index is 1.77. The SMILES string of the molecule is C[C@@H](O)c1ccc2c(c1)Cc1cc(-c3cnn(C)c3)cnc1C=C2. The zero-order chi connectivity index (χ0) is 16.7. The van der Waals surface area contributed by atoms with Crippen molar-refractivity contribution in [3.8, 4) is 11.1 Å². The van der Waals surface area contributed by atoms with Crippen molar-refractivity contribution < 1.29 is 5.11 Å². The number of aryl methyl sites for hydroxylation is 1. The fraction of sp³-hybridized carbons (Fsp3) is 0.200. The van der Waals surface area contributed by atoms with Crippen LogP contribution < -0.4 is 0 Å². The molecule has 4 rings (SSSR count). The molecule has 0 bridgehead atoms. The molecule has 1 aliphatic carbocycles. The van der Waals surface area contributed by atoms with Crippen molar-refractivity contribution in [2.45, 2.75) is 19.4 Å². The van der Waals surface area contributed by atoms with Crippen molar-refractivity contribution in [1.29, 1.82) is 0 Å². The van der Waals surface area contributed by atoms with Crippen LogP contribution in [0.3, 0.4) is 0 Å². The van der Waals surface area contributed by atoms with Crippen molar-refractivity contribution in [3.63, 3.8) is 0 Å². The summed E-state index contributed by atoms with van der Waals surface area (Å²) in [7, 11) is 1.91. The van der Waals surface area contributed by atoms with Gasteiger partial charge in [0.15, 0.2) is 0 Å². The van der Waals surface area contributed by atoms with Gasteiger partial charge in [0, 0.05) is 37.0 Å². The van der Waals surface area contributed by atoms with Crippen LogP contribution in [0.4, 0.5) is 0 Å². The largest absolute Gasteiger partial charge is 0.389 e. The summed E-state index contributed by atoms with van der Waals surface area (Å²) in [6.45, 7) is 1.80. The quantitative estimate of drug-likeness (QED) is 0.614. The summed E-state index contributed by atoms with van der Waals surface area (Å²) in [4.78, 5) is 4.63. The minimum Gasteiger partial charge on any atom is -0.389 e. The summed E-state index contributed by atoms with van der Waals surface area (Å²) >= 11 is 0. The predicted molar refractivity (Wildman–Crippen MR) is 95.2 cm³/mol. The van der Waals surface area contributed by atoms with Crippen LogP contribution in [0.25, 0.3) is 23.3 Å². The Hall–Kier alpha value is -2.72. The van der Waals surface area contributed by atoms with Gasteiger partial charge >= 0.3 is 0 Å². The highest BCUT2D eigenvalue weighted by molar-refractivity contribution is 5.75. The van der Waals surface area contributed by atoms with Crippen LogP contribution in [0.15, 0.2) is 42.9 Å². The fourth-order valence-electron chi connectivity index (χ4n) is 3.12. The van der Waals surface area contributed by atoms with Crippen LogP contribution in [-0.2, 0) is 13.5 Å². The second-order valence-electron chi connectivity index (χ2n) is 6.32. The zero-order valence-electron chi connectivity index (χ0n) is 13.8. The van der Waals surface area contributed by atoms with Gasteiger partial charge in [-0.15, -0.1) is 0 Å². The summed E-state index contributed by atoms with van der Waals surface area (Å²) in [5, 5.41) is 14.1. The number of hydrogen-bond acceptors (Lipinski definition) is 3. The molecule has 0 aliphatic heterocycles. The number of nitrogens with zero attached hydrogens (tertiary/aromatic N) is 3. The minimum absolute atomic E-state index is 0.457. The topological polar surface area (TPSA) is 50.9 Å². The summed E-state index contributed by atoms with van der Waals surface area (Å²) in [5.74, 6) is 0. The van der Waals surface area contributed by atoms with E-state index >= 15 is 0 Å². The number of pyridine rings is 1. The summed E-state index contributed by atoms with van der Waals surface area (Å²) in [5.41, 5.74) is 7.67. The normalized spacial score (nSPS) is 14.0. The third-order valence-electron chi connectivity index (χ3n) is 4.49. The highest BCUT2D eigenvalue weighted by Gasteiger charge is 2.14. The number of fused-ring (bicyclic) bond motifs is 2. The van der Waals surface area contributed by atoms with Crippen molar-refractivity contribution in [3.05, 3.63) is 70.8 Å². The molecule has 4 nitrogen and oxygen atoms in total. The standard InChI is InChI=1S/C20H19N3O/c1-13(24)15-4-3-14-5-6-20-17(8-16(14)7-15)9-18(10-21-20)19-11-22-23(2)12-19/h3-7,9-13,24H,8H2,1-2H3/t13-/m1/s1. The fourth-order valence-corrected chi connectivity index (χ4v) is 3.12. The van der Waals surface area contributed by atoms with Crippen LogP contribution in [0.5, 0.6) is 0 Å². The van der Waals surface area contributed by atoms with Gasteiger partial charge in [0.2, 0.25) is 0 Å². The first kappa shape index (κ1) is 14.8. The summed E-state index contributed by atoms with van der Waals surface area (Å²) < 4.78 is 1.80. The van der Waals surface area contributed by atoms with Crippen molar-refractivity contribution in [2.75, 3.05) is 0 Å². The lowest BCUT2D eigenvalue weighted by Gasteiger charge is -2.11. The maximum atomic E-state index is 9.85. The van der Waals surface area contributed by atoms with Gasteiger partial charge in [-0.05, 0) is 41.3 Å². The molecular formula is C20H19N3O. The molecule has 0 unspecified atom stereocenters. The Morgan fingerprint density at radius 3 is 2.71 bits per heavy atom. The van der Waals surface area contributed by atoms with E-state index in [9.17, 15) is 5.11 Å². The number of rotatable bonds is 2. The van der Waals surface area contributed by atoms with Gasteiger partial charge in [-0.3, -0.25) is 9.67 Å². The van der Waals surface area contributed by atoms with Gasteiger partial charge < -0.3 is 5.11 Å². The predicted octanol–water partition coefficient (Wildman–Crippen LogP) is 3.61. The van der Waals surface area contributed by atoms with Crippen molar-refractivity contribution in [1.82, 2.24) is 14.8 Å². The highest BCUT2D eigenvalue weighted by Crippen LogP contribution is 2.29. The minimum atomic E-state index is -0.457. The van der Waals surface area contributed by atoms with Gasteiger partial charge in [-0.2, -0.15) is 5.10 Å². The van der Waals surface area contributed by atoms with E-state index in [4.69, 9.17) is 0 Å². The number of aromatic nitrogens is 3. The maximum Gasteiger partial charge on any atom is 0.0762 e. The molecule has 1 N–H and O–H groups in total. The third-order valence-corrected chi connectivity index (χ3v) is 4.49. The van der Waals surface area contributed by atoms with E-state index < -0.39 is 6.10 Å². The van der Waals surface area contributed by atoms with E-state index in [1.807, 2.05) is 31.7 Å². The zero-order valence-corrected chi connectivity index (χ0v) is 13.8. The van der Waals surface area contributed by atoms with Crippen molar-refractivity contribution >= 4 is 12.2 Å². The monoisotopic (exact) mass is 317 g/mol. The molecule has 0 amide bonds. The molecule has 4 heteroatoms. The molecule has 3 aromatic rings. The van der Waals surface area contributed by atoms with Crippen molar-refractivity contribution in [2.24, 2.45) is 7.05 Å². The Morgan fingerprint density at radius 1 is 1.08 bits per heavy atom. The second-order valence-corrected chi connectivity index (χ2v) is 6.32. The average Bonchev–Trinajstić information content (AvgIpc) is 2.91. The molecule has 2 heterocycles. The Labute approximate surface area is 141 Å². The van der Waals surface area contributed by atoms with Crippen LogP contribution >= 0.6 is 0 Å². The molecule has 0 saturated carbocycles. The first-order valence-corrected chi connectivity index (χ1v) is 8.07. The third kappa shape index (κ3) is 2.65. The maximum absolute atomic E-state index is 9.85. The Kier molecular flexibility index (Phi) is 3.54. The molecule has 120 valence electrons. The Bertz CT molecular complexity index is 938. The van der Waals surface area contributed by atoms with E-state index in [2.05, 4.69) is 40.4 Å². The van der Waals surface area contributed by atoms with Gasteiger partial charge in [-0.1, -0.05) is 24.3 Å². The molecule has 0 fully saturated rings. The molecule has 1 atom stereocenters. The first-order valence-electron chi connectivity index (χ1n) is 8.07. The molecule has 0 spiro atoms. The van der Waals surface area contributed by atoms with E-state index in [0.717, 1.165) is 28.8 Å². The number of aliphatic hydroxyl groups excluding tert-OH is 1. The molecule has 1 aromatic carbocycles. The number of benzene rings is 1. The molecule has 0 saturated heterocycles. The molecule has 2 aromatic heterocycles. The Morgan fingerprint density at radius 2 is 1.96 bits per heavy atom. The second kappa shape index (κ2) is 5.73. The van der Waals surface area contributed by atoms with Gasteiger partial charge in [0.1, 0.15) is 0 Å². The van der Waals surface area contributed by atoms with E-state index in [1.54, 1.807) is 11.6 Å². The van der Waals surface area contributed by atoms with E-state index in [0.29, 0.717) is 0 Å². The summed E-state index contributed by atoms with van der Waals surface area (Å²) in [6.07, 6.45) is 10.3. The van der Waals surface area contributed by atoms with Crippen LogP contribution in [-0.4, -0.2) is 19.9 Å². The molecular weight excluding hydrogens is 298 g/mol. The highest BCUT2D eigenvalue weighted by atomic mass is 16.3. The number of hydrogen-bond donors (Lipinski definition) is 1. The molecule has 1 aliphatic rings. The van der Waals surface area contributed by atoms with Crippen LogP contribution in [0.2, 0.25) is 0 Å². The lowest BCUT2D eigenvalue weighted by molar-refractivity contribution is 0.199. The first-order chi connectivity index (χ1) is 11.6. The van der Waals surface area contributed by atoms with Crippen LogP contribution in [0, 0.1) is 0 Å². The van der Waals surface area contributed by atoms with Gasteiger partial charge in [0.25, 0.3) is 0 Å². The van der Waals surface area contributed by atoms with Crippen LogP contribution in [0.1, 0.15) is 41.0 Å². The lowest BCUT2D eigenvalue weighted by Crippen LogP contribution is -1.98. The summed E-state index contributed by atoms with van der Waals surface area (Å²) in [6, 6.07) is 8.34. The van der Waals surface area contributed by atoms with E-state index in [-0.39, 0.29) is 0 Å². The smallest absolute Gasteiger partial charge is 0.0762 e. The van der Waals surface area contributed by atoms with Gasteiger partial charge in [0.05, 0.1) is 18.0 Å². The molecule has 0 radical (unpaired) electrons.